The summed E-state index contributed by atoms with van der Waals surface area (Å²) in [4.78, 5) is 11.7. The van der Waals surface area contributed by atoms with Crippen molar-refractivity contribution in [3.8, 4) is 17.2 Å². The summed E-state index contributed by atoms with van der Waals surface area (Å²) in [5, 5.41) is 17.9. The Kier molecular flexibility index (Phi) is 4.50. The van der Waals surface area contributed by atoms with Crippen molar-refractivity contribution >= 4 is 16.8 Å². The van der Waals surface area contributed by atoms with E-state index in [1.165, 1.54) is 0 Å². The zero-order valence-electron chi connectivity index (χ0n) is 13.1. The smallest absolute Gasteiger partial charge is 0.303 e. The maximum Gasteiger partial charge on any atom is 0.303 e. The van der Waals surface area contributed by atoms with Crippen LogP contribution >= 0.6 is 0 Å². The largest absolute Gasteiger partial charge is 0.481 e. The second-order valence-corrected chi connectivity index (χ2v) is 7.67. The Bertz CT molecular complexity index is 832. The minimum Gasteiger partial charge on any atom is -0.481 e. The highest BCUT2D eigenvalue weighted by molar-refractivity contribution is 7.85. The fourth-order valence-corrected chi connectivity index (χ4v) is 4.62. The molecule has 0 heterocycles. The number of carboxylic acid groups (broad SMARTS) is 1. The number of hydrogen-bond acceptors (Lipinski definition) is 3. The molecule has 1 aliphatic rings. The molecule has 0 radical (unpaired) electrons. The van der Waals surface area contributed by atoms with Crippen LogP contribution in [0.5, 0.6) is 0 Å². The second kappa shape index (κ2) is 6.58. The quantitative estimate of drug-likeness (QED) is 0.872. The summed E-state index contributed by atoms with van der Waals surface area (Å²) in [6.07, 6.45) is 1.73. The number of nitriles is 1. The average Bonchev–Trinajstić information content (AvgIpc) is 3.33. The van der Waals surface area contributed by atoms with Crippen molar-refractivity contribution in [1.29, 1.82) is 5.26 Å². The summed E-state index contributed by atoms with van der Waals surface area (Å²) in [5.41, 5.74) is 2.04. The number of nitrogens with zero attached hydrogens (tertiary/aromatic N) is 1. The molecule has 1 N–H and O–H groups in total. The van der Waals surface area contributed by atoms with Crippen LogP contribution in [0.3, 0.4) is 0 Å². The van der Waals surface area contributed by atoms with E-state index >= 15 is 0 Å². The zero-order chi connectivity index (χ0) is 17.2. The van der Waals surface area contributed by atoms with E-state index in [1.807, 2.05) is 36.4 Å². The minimum atomic E-state index is -1.25. The first-order valence-corrected chi connectivity index (χ1v) is 9.05. The van der Waals surface area contributed by atoms with Gasteiger partial charge in [0.2, 0.25) is 0 Å². The fraction of sp³-hybridized carbons (Fsp3) is 0.263. The van der Waals surface area contributed by atoms with Crippen LogP contribution in [0, 0.1) is 16.7 Å². The van der Waals surface area contributed by atoms with Crippen LogP contribution in [0.1, 0.15) is 24.8 Å². The summed E-state index contributed by atoms with van der Waals surface area (Å²) in [6.45, 7) is 0. The number of benzene rings is 2. The summed E-state index contributed by atoms with van der Waals surface area (Å²) in [6, 6.07) is 16.7. The summed E-state index contributed by atoms with van der Waals surface area (Å²) in [7, 11) is -1.25. The molecule has 1 unspecified atom stereocenters. The number of aliphatic carboxylic acids is 1. The van der Waals surface area contributed by atoms with Gasteiger partial charge in [0.25, 0.3) is 0 Å². The van der Waals surface area contributed by atoms with Crippen LogP contribution in [0.4, 0.5) is 0 Å². The minimum absolute atomic E-state index is 0.0811. The van der Waals surface area contributed by atoms with Crippen molar-refractivity contribution in [2.45, 2.75) is 24.2 Å². The van der Waals surface area contributed by atoms with Crippen molar-refractivity contribution in [2.24, 2.45) is 5.41 Å². The van der Waals surface area contributed by atoms with E-state index in [0.717, 1.165) is 28.9 Å². The van der Waals surface area contributed by atoms with Crippen molar-refractivity contribution in [2.75, 3.05) is 5.75 Å². The number of carboxylic acids is 1. The molecule has 3 rings (SSSR count). The normalized spacial score (nSPS) is 16.1. The van der Waals surface area contributed by atoms with Gasteiger partial charge in [-0.25, -0.2) is 0 Å². The molecule has 122 valence electrons. The molecule has 2 aromatic rings. The van der Waals surface area contributed by atoms with E-state index < -0.39 is 16.8 Å². The van der Waals surface area contributed by atoms with Gasteiger partial charge in [0.15, 0.2) is 0 Å². The summed E-state index contributed by atoms with van der Waals surface area (Å²) >= 11 is 0. The van der Waals surface area contributed by atoms with Crippen LogP contribution in [-0.4, -0.2) is 21.0 Å². The highest BCUT2D eigenvalue weighted by Crippen LogP contribution is 2.50. The van der Waals surface area contributed by atoms with Crippen LogP contribution < -0.4 is 0 Å². The van der Waals surface area contributed by atoms with Crippen molar-refractivity contribution in [3.63, 3.8) is 0 Å². The van der Waals surface area contributed by atoms with Gasteiger partial charge in [-0.15, -0.1) is 0 Å². The van der Waals surface area contributed by atoms with Gasteiger partial charge in [0, 0.05) is 10.6 Å². The van der Waals surface area contributed by atoms with Crippen LogP contribution in [0.15, 0.2) is 53.4 Å². The van der Waals surface area contributed by atoms with Crippen molar-refractivity contribution < 1.29 is 14.1 Å². The standard InChI is InChI=1S/C19H17NO3S/c20-12-14-5-7-15(8-6-14)16-3-1-2-4-17(16)24(23)13-19(9-10-19)11-18(21)22/h1-8H,9-11,13H2,(H,21,22). The first kappa shape index (κ1) is 16.4. The van der Waals surface area contributed by atoms with E-state index in [1.54, 1.807) is 12.1 Å². The molecule has 0 aliphatic heterocycles. The Morgan fingerprint density at radius 2 is 1.83 bits per heavy atom. The van der Waals surface area contributed by atoms with Crippen LogP contribution in [-0.2, 0) is 15.6 Å². The number of carbonyl (C=O) groups is 1. The van der Waals surface area contributed by atoms with E-state index in [-0.39, 0.29) is 11.8 Å². The summed E-state index contributed by atoms with van der Waals surface area (Å²) < 4.78 is 12.9. The molecular formula is C19H17NO3S. The van der Waals surface area contributed by atoms with Crippen LogP contribution in [0.25, 0.3) is 11.1 Å². The van der Waals surface area contributed by atoms with Gasteiger partial charge in [-0.05, 0) is 47.6 Å². The molecule has 4 nitrogen and oxygen atoms in total. The molecule has 0 spiro atoms. The van der Waals surface area contributed by atoms with Gasteiger partial charge < -0.3 is 5.11 Å². The predicted octanol–water partition coefficient (Wildman–Crippen LogP) is 3.59. The molecule has 1 aliphatic carbocycles. The molecular weight excluding hydrogens is 322 g/mol. The van der Waals surface area contributed by atoms with Crippen LogP contribution in [0.2, 0.25) is 0 Å². The highest BCUT2D eigenvalue weighted by atomic mass is 32.2. The lowest BCUT2D eigenvalue weighted by atomic mass is 10.0. The molecule has 0 bridgehead atoms. The first-order valence-electron chi connectivity index (χ1n) is 7.73. The third-order valence-corrected chi connectivity index (χ3v) is 6.10. The van der Waals surface area contributed by atoms with Gasteiger partial charge in [0.05, 0.1) is 28.9 Å². The van der Waals surface area contributed by atoms with Gasteiger partial charge in [-0.2, -0.15) is 5.26 Å². The SMILES string of the molecule is N#Cc1ccc(-c2ccccc2S(=O)CC2(CC(=O)O)CC2)cc1. The van der Waals surface area contributed by atoms with E-state index in [2.05, 4.69) is 6.07 Å². The zero-order valence-corrected chi connectivity index (χ0v) is 13.9. The van der Waals surface area contributed by atoms with Gasteiger partial charge in [-0.1, -0.05) is 30.3 Å². The third kappa shape index (κ3) is 3.55. The molecule has 1 saturated carbocycles. The van der Waals surface area contributed by atoms with Gasteiger partial charge in [0.1, 0.15) is 0 Å². The first-order chi connectivity index (χ1) is 11.5. The lowest BCUT2D eigenvalue weighted by molar-refractivity contribution is -0.138. The Balaban J connectivity index is 1.87. The Labute approximate surface area is 143 Å². The Hall–Kier alpha value is -2.45. The van der Waals surface area contributed by atoms with E-state index in [0.29, 0.717) is 11.3 Å². The average molecular weight is 339 g/mol. The molecule has 24 heavy (non-hydrogen) atoms. The molecule has 0 saturated heterocycles. The Morgan fingerprint density at radius 3 is 2.42 bits per heavy atom. The third-order valence-electron chi connectivity index (χ3n) is 4.38. The van der Waals surface area contributed by atoms with Gasteiger partial charge >= 0.3 is 5.97 Å². The summed E-state index contributed by atoms with van der Waals surface area (Å²) in [5.74, 6) is -0.447. The highest BCUT2D eigenvalue weighted by Gasteiger charge is 2.46. The molecule has 0 amide bonds. The predicted molar refractivity (Wildman–Crippen MR) is 91.8 cm³/mol. The Morgan fingerprint density at radius 1 is 1.17 bits per heavy atom. The molecule has 1 fully saturated rings. The number of rotatable bonds is 6. The molecule has 2 aromatic carbocycles. The topological polar surface area (TPSA) is 78.2 Å². The second-order valence-electron chi connectivity index (χ2n) is 6.25. The maximum atomic E-state index is 12.9. The number of hydrogen-bond donors (Lipinski definition) is 1. The fourth-order valence-electron chi connectivity index (χ4n) is 2.85. The van der Waals surface area contributed by atoms with Gasteiger partial charge in [-0.3, -0.25) is 9.00 Å². The molecule has 5 heteroatoms. The van der Waals surface area contributed by atoms with E-state index in [4.69, 9.17) is 10.4 Å². The van der Waals surface area contributed by atoms with Crippen molar-refractivity contribution in [1.82, 2.24) is 0 Å². The monoisotopic (exact) mass is 339 g/mol. The lowest BCUT2D eigenvalue weighted by Gasteiger charge is -2.14. The van der Waals surface area contributed by atoms with Crippen molar-refractivity contribution in [3.05, 3.63) is 54.1 Å². The lowest BCUT2D eigenvalue weighted by Crippen LogP contribution is -2.17. The molecule has 1 atom stereocenters. The maximum absolute atomic E-state index is 12.9. The van der Waals surface area contributed by atoms with E-state index in [9.17, 15) is 9.00 Å². The molecule has 0 aromatic heterocycles.